The standard InChI is InChI=1S/C11H13Cl2NO/c12-4-9(13)6-14-5-8-2-1-3-11(15)10(8)7-14/h4-5,7,11,15H,1-3,6H2/b9-4-. The van der Waals surface area contributed by atoms with Crippen LogP contribution in [0.4, 0.5) is 0 Å². The number of fused-ring (bicyclic) bond motifs is 1. The second-order valence-corrected chi connectivity index (χ2v) is 4.58. The van der Waals surface area contributed by atoms with Crippen LogP contribution in [0.3, 0.4) is 0 Å². The number of aryl methyl sites for hydroxylation is 1. The van der Waals surface area contributed by atoms with Gasteiger partial charge in [0.1, 0.15) is 0 Å². The molecule has 0 amide bonds. The molecule has 2 rings (SSSR count). The Kier molecular flexibility index (Phi) is 3.39. The molecule has 0 saturated heterocycles. The van der Waals surface area contributed by atoms with Crippen molar-refractivity contribution in [3.63, 3.8) is 0 Å². The van der Waals surface area contributed by atoms with Gasteiger partial charge in [0.25, 0.3) is 0 Å². The van der Waals surface area contributed by atoms with Crippen LogP contribution in [0.25, 0.3) is 0 Å². The number of hydrogen-bond donors (Lipinski definition) is 1. The van der Waals surface area contributed by atoms with Crippen LogP contribution in [0.1, 0.15) is 30.1 Å². The van der Waals surface area contributed by atoms with Crippen LogP contribution in [0.2, 0.25) is 0 Å². The van der Waals surface area contributed by atoms with Crippen molar-refractivity contribution in [2.45, 2.75) is 31.9 Å². The quantitative estimate of drug-likeness (QED) is 0.851. The molecule has 1 N–H and O–H groups in total. The van der Waals surface area contributed by atoms with Crippen LogP contribution < -0.4 is 0 Å². The lowest BCUT2D eigenvalue weighted by Crippen LogP contribution is -2.05. The smallest absolute Gasteiger partial charge is 0.0807 e. The lowest BCUT2D eigenvalue weighted by atomic mass is 9.93. The average molecular weight is 246 g/mol. The van der Waals surface area contributed by atoms with Crippen molar-refractivity contribution in [1.29, 1.82) is 0 Å². The van der Waals surface area contributed by atoms with E-state index >= 15 is 0 Å². The Hall–Kier alpha value is -0.440. The predicted octanol–water partition coefficient (Wildman–Crippen LogP) is 3.18. The molecule has 1 aromatic heterocycles. The molecule has 0 saturated carbocycles. The zero-order valence-corrected chi connectivity index (χ0v) is 9.80. The molecule has 1 aliphatic rings. The van der Waals surface area contributed by atoms with Crippen LogP contribution in [-0.4, -0.2) is 9.67 Å². The first-order chi connectivity index (χ1) is 7.20. The first-order valence-corrected chi connectivity index (χ1v) is 5.83. The molecular weight excluding hydrogens is 233 g/mol. The summed E-state index contributed by atoms with van der Waals surface area (Å²) in [4.78, 5) is 0. The Bertz CT molecular complexity index is 384. The van der Waals surface area contributed by atoms with Crippen molar-refractivity contribution in [3.05, 3.63) is 34.1 Å². The van der Waals surface area contributed by atoms with Gasteiger partial charge >= 0.3 is 0 Å². The van der Waals surface area contributed by atoms with Gasteiger partial charge in [0.2, 0.25) is 0 Å². The van der Waals surface area contributed by atoms with Gasteiger partial charge in [0.05, 0.1) is 12.6 Å². The number of hydrogen-bond acceptors (Lipinski definition) is 1. The summed E-state index contributed by atoms with van der Waals surface area (Å²) >= 11 is 11.3. The number of rotatable bonds is 2. The van der Waals surface area contributed by atoms with E-state index in [4.69, 9.17) is 23.2 Å². The first kappa shape index (κ1) is 11.1. The Labute approximate surface area is 99.1 Å². The van der Waals surface area contributed by atoms with Crippen molar-refractivity contribution in [1.82, 2.24) is 4.57 Å². The molecule has 0 radical (unpaired) electrons. The molecule has 82 valence electrons. The molecule has 0 aliphatic heterocycles. The highest BCUT2D eigenvalue weighted by molar-refractivity contribution is 6.36. The van der Waals surface area contributed by atoms with E-state index < -0.39 is 0 Å². The number of nitrogens with zero attached hydrogens (tertiary/aromatic N) is 1. The van der Waals surface area contributed by atoms with Gasteiger partial charge < -0.3 is 9.67 Å². The monoisotopic (exact) mass is 245 g/mol. The fraction of sp³-hybridized carbons (Fsp3) is 0.455. The van der Waals surface area contributed by atoms with Gasteiger partial charge in [-0.3, -0.25) is 0 Å². The summed E-state index contributed by atoms with van der Waals surface area (Å²) in [6.45, 7) is 0.574. The van der Waals surface area contributed by atoms with Gasteiger partial charge in [-0.15, -0.1) is 0 Å². The Balaban J connectivity index is 2.22. The second kappa shape index (κ2) is 4.60. The van der Waals surface area contributed by atoms with E-state index in [0.717, 1.165) is 24.8 Å². The highest BCUT2D eigenvalue weighted by Gasteiger charge is 2.19. The minimum Gasteiger partial charge on any atom is -0.388 e. The summed E-state index contributed by atoms with van der Waals surface area (Å²) in [7, 11) is 0. The molecular formula is C11H13Cl2NO. The number of aliphatic hydroxyl groups is 1. The van der Waals surface area contributed by atoms with Crippen LogP contribution in [0.5, 0.6) is 0 Å². The highest BCUT2D eigenvalue weighted by atomic mass is 35.5. The summed E-state index contributed by atoms with van der Waals surface area (Å²) in [5.74, 6) is 0. The van der Waals surface area contributed by atoms with E-state index in [1.807, 2.05) is 17.0 Å². The third-order valence-electron chi connectivity index (χ3n) is 2.73. The lowest BCUT2D eigenvalue weighted by molar-refractivity contribution is 0.157. The molecule has 1 unspecified atom stereocenters. The molecule has 1 heterocycles. The Morgan fingerprint density at radius 1 is 1.60 bits per heavy atom. The fourth-order valence-electron chi connectivity index (χ4n) is 2.02. The van der Waals surface area contributed by atoms with Crippen molar-refractivity contribution in [3.8, 4) is 0 Å². The van der Waals surface area contributed by atoms with Gasteiger partial charge in [-0.1, -0.05) is 23.2 Å². The van der Waals surface area contributed by atoms with Gasteiger partial charge in [-0.2, -0.15) is 0 Å². The Morgan fingerprint density at radius 3 is 3.07 bits per heavy atom. The highest BCUT2D eigenvalue weighted by Crippen LogP contribution is 2.30. The summed E-state index contributed by atoms with van der Waals surface area (Å²) in [6.07, 6.45) is 6.64. The molecule has 0 spiro atoms. The molecule has 4 heteroatoms. The minimum atomic E-state index is -0.311. The maximum atomic E-state index is 9.78. The zero-order valence-electron chi connectivity index (χ0n) is 8.29. The van der Waals surface area contributed by atoms with Gasteiger partial charge in [-0.05, 0) is 24.8 Å². The van der Waals surface area contributed by atoms with Crippen molar-refractivity contribution in [2.24, 2.45) is 0 Å². The average Bonchev–Trinajstić information content (AvgIpc) is 2.62. The second-order valence-electron chi connectivity index (χ2n) is 3.88. The molecule has 2 nitrogen and oxygen atoms in total. The van der Waals surface area contributed by atoms with E-state index in [1.54, 1.807) is 0 Å². The van der Waals surface area contributed by atoms with Crippen LogP contribution in [0, 0.1) is 0 Å². The largest absolute Gasteiger partial charge is 0.388 e. The molecule has 15 heavy (non-hydrogen) atoms. The molecule has 0 bridgehead atoms. The van der Waals surface area contributed by atoms with Crippen molar-refractivity contribution >= 4 is 23.2 Å². The fourth-order valence-corrected chi connectivity index (χ4v) is 2.23. The van der Waals surface area contributed by atoms with Gasteiger partial charge in [0, 0.05) is 28.5 Å². The van der Waals surface area contributed by atoms with Crippen LogP contribution in [0.15, 0.2) is 23.0 Å². The molecule has 0 fully saturated rings. The van der Waals surface area contributed by atoms with Crippen molar-refractivity contribution in [2.75, 3.05) is 0 Å². The maximum absolute atomic E-state index is 9.78. The summed E-state index contributed by atoms with van der Waals surface area (Å²) in [5, 5.41) is 10.4. The molecule has 1 aromatic rings. The topological polar surface area (TPSA) is 25.2 Å². The summed E-state index contributed by atoms with van der Waals surface area (Å²) in [5.41, 5.74) is 3.64. The van der Waals surface area contributed by atoms with Crippen LogP contribution >= 0.6 is 23.2 Å². The van der Waals surface area contributed by atoms with Crippen molar-refractivity contribution < 1.29 is 5.11 Å². The number of aromatic nitrogens is 1. The molecule has 0 aromatic carbocycles. The predicted molar refractivity (Wildman–Crippen MR) is 62.1 cm³/mol. The number of allylic oxidation sites excluding steroid dienone is 1. The number of halogens is 2. The summed E-state index contributed by atoms with van der Waals surface area (Å²) in [6, 6.07) is 0. The maximum Gasteiger partial charge on any atom is 0.0807 e. The Morgan fingerprint density at radius 2 is 2.40 bits per heavy atom. The van der Waals surface area contributed by atoms with E-state index in [2.05, 4.69) is 0 Å². The third kappa shape index (κ3) is 2.39. The van der Waals surface area contributed by atoms with E-state index in [9.17, 15) is 5.11 Å². The van der Waals surface area contributed by atoms with E-state index in [-0.39, 0.29) is 6.10 Å². The van der Waals surface area contributed by atoms with E-state index in [1.165, 1.54) is 11.1 Å². The van der Waals surface area contributed by atoms with E-state index in [0.29, 0.717) is 11.6 Å². The van der Waals surface area contributed by atoms with Crippen LogP contribution in [-0.2, 0) is 13.0 Å². The summed E-state index contributed by atoms with van der Waals surface area (Å²) < 4.78 is 1.97. The first-order valence-electron chi connectivity index (χ1n) is 5.02. The molecule has 1 aliphatic carbocycles. The number of aliphatic hydroxyl groups excluding tert-OH is 1. The minimum absolute atomic E-state index is 0.311. The van der Waals surface area contributed by atoms with Gasteiger partial charge in [-0.25, -0.2) is 0 Å². The van der Waals surface area contributed by atoms with Gasteiger partial charge in [0.15, 0.2) is 0 Å². The lowest BCUT2D eigenvalue weighted by Gasteiger charge is -2.16. The normalized spacial score (nSPS) is 21.5. The SMILES string of the molecule is OC1CCCc2cn(C/C(Cl)=C/Cl)cc21. The zero-order chi connectivity index (χ0) is 10.8. The third-order valence-corrected chi connectivity index (χ3v) is 3.34. The molecule has 1 atom stereocenters.